The molecule has 0 radical (unpaired) electrons. The maximum absolute atomic E-state index is 5.64. The van der Waals surface area contributed by atoms with Crippen molar-refractivity contribution in [1.82, 2.24) is 44.9 Å². The van der Waals surface area contributed by atoms with Crippen LogP contribution in [0.5, 0.6) is 0 Å². The Morgan fingerprint density at radius 1 is 0.360 bits per heavy atom. The minimum atomic E-state index is -0.106. The summed E-state index contributed by atoms with van der Waals surface area (Å²) in [5, 5.41) is 5.34. The third-order valence-electron chi connectivity index (χ3n) is 2.44. The molecule has 3 aromatic rings. The fraction of sp³-hybridized carbons (Fsp3) is 0. The molecule has 0 saturated carbocycles. The van der Waals surface area contributed by atoms with Gasteiger partial charge in [-0.2, -0.15) is 44.9 Å². The van der Waals surface area contributed by atoms with E-state index in [1.54, 1.807) is 0 Å². The zero-order valence-corrected chi connectivity index (χ0v) is 12.4. The number of aromatic nitrogens is 9. The van der Waals surface area contributed by atoms with Crippen LogP contribution in [-0.2, 0) is 0 Å². The summed E-state index contributed by atoms with van der Waals surface area (Å²) in [4.78, 5) is 34.4. The minimum absolute atomic E-state index is 0.00926. The molecule has 12 N–H and O–H groups in total. The highest BCUT2D eigenvalue weighted by Gasteiger charge is 2.10. The van der Waals surface area contributed by atoms with Crippen molar-refractivity contribution in [3.63, 3.8) is 0 Å². The van der Waals surface area contributed by atoms with Gasteiger partial charge in [0.15, 0.2) is 0 Å². The molecule has 0 amide bonds. The van der Waals surface area contributed by atoms with Crippen molar-refractivity contribution in [2.45, 2.75) is 0 Å². The molecule has 128 valence electrons. The molecule has 3 heterocycles. The van der Waals surface area contributed by atoms with E-state index >= 15 is 0 Å². The Kier molecular flexibility index (Phi) is 3.74. The maximum Gasteiger partial charge on any atom is 0.236 e. The third kappa shape index (κ3) is 3.88. The highest BCUT2D eigenvalue weighted by Crippen LogP contribution is 2.15. The molecule has 0 atom stereocenters. The first-order valence-corrected chi connectivity index (χ1v) is 6.47. The Labute approximate surface area is 138 Å². The van der Waals surface area contributed by atoms with Crippen LogP contribution < -0.4 is 39.3 Å². The van der Waals surface area contributed by atoms with E-state index in [0.29, 0.717) is 0 Å². The molecule has 0 bridgehead atoms. The van der Waals surface area contributed by atoms with Crippen LogP contribution in [0.15, 0.2) is 0 Å². The van der Waals surface area contributed by atoms with Gasteiger partial charge in [0.05, 0.1) is 0 Å². The predicted octanol–water partition coefficient (Wildman–Crippen LogP) is -2.36. The first-order valence-electron chi connectivity index (χ1n) is 6.47. The highest BCUT2D eigenvalue weighted by atomic mass is 15.3. The fourth-order valence-electron chi connectivity index (χ4n) is 1.63. The van der Waals surface area contributed by atoms with E-state index in [-0.39, 0.29) is 53.5 Å². The number of nitrogens with zero attached hydrogens (tertiary/aromatic N) is 9. The zero-order valence-electron chi connectivity index (χ0n) is 12.4. The molecule has 0 spiro atoms. The summed E-state index contributed by atoms with van der Waals surface area (Å²) in [5.74, 6) is -0.351. The second-order valence-corrected chi connectivity index (χ2v) is 4.34. The molecule has 0 aliphatic carbocycles. The van der Waals surface area contributed by atoms with Crippen LogP contribution in [0.25, 0.3) is 0 Å². The molecule has 25 heavy (non-hydrogen) atoms. The molecule has 0 aliphatic rings. The maximum atomic E-state index is 5.64. The lowest BCUT2D eigenvalue weighted by Gasteiger charge is -2.08. The van der Waals surface area contributed by atoms with Gasteiger partial charge in [0, 0.05) is 0 Å². The second-order valence-electron chi connectivity index (χ2n) is 4.34. The van der Waals surface area contributed by atoms with Crippen molar-refractivity contribution in [3.05, 3.63) is 0 Å². The molecule has 0 aromatic carbocycles. The van der Waals surface area contributed by atoms with Crippen LogP contribution in [0.4, 0.5) is 53.5 Å². The van der Waals surface area contributed by atoms with Gasteiger partial charge in [0.1, 0.15) is 0 Å². The summed E-state index contributed by atoms with van der Waals surface area (Å²) >= 11 is 0. The van der Waals surface area contributed by atoms with Gasteiger partial charge >= 0.3 is 0 Å². The molecule has 16 heteroatoms. The number of rotatable bonds is 4. The van der Waals surface area contributed by atoms with E-state index in [1.165, 1.54) is 0 Å². The van der Waals surface area contributed by atoms with Crippen molar-refractivity contribution >= 4 is 53.5 Å². The van der Waals surface area contributed by atoms with Crippen LogP contribution in [0.2, 0.25) is 0 Å². The van der Waals surface area contributed by atoms with E-state index < -0.39 is 0 Å². The van der Waals surface area contributed by atoms with Gasteiger partial charge in [-0.05, 0) is 0 Å². The van der Waals surface area contributed by atoms with Gasteiger partial charge in [0.2, 0.25) is 53.5 Å². The van der Waals surface area contributed by atoms with Gasteiger partial charge < -0.3 is 28.7 Å². The van der Waals surface area contributed by atoms with Gasteiger partial charge in [0.25, 0.3) is 0 Å². The van der Waals surface area contributed by atoms with Crippen LogP contribution in [0.3, 0.4) is 0 Å². The molecule has 3 aromatic heterocycles. The normalized spacial score (nSPS) is 10.4. The van der Waals surface area contributed by atoms with Crippen LogP contribution >= 0.6 is 0 Å². The Bertz CT molecular complexity index is 811. The standard InChI is InChI=1S/C9H12N16/c10-1-15-2(11)18-6(17-1)23-8-21-5(14)22-9(25-8)24-7-19-3(12)16-4(13)20-7/h(H12,10,11,12,13,14,15,16,17,18,19,20,21,22,23,24,25). The minimum Gasteiger partial charge on any atom is -0.368 e. The van der Waals surface area contributed by atoms with Gasteiger partial charge in [-0.3, -0.25) is 10.6 Å². The van der Waals surface area contributed by atoms with Crippen LogP contribution in [0.1, 0.15) is 0 Å². The summed E-state index contributed by atoms with van der Waals surface area (Å²) in [6.45, 7) is 0. The molecule has 3 rings (SSSR count). The lowest BCUT2D eigenvalue weighted by Crippen LogP contribution is -2.12. The van der Waals surface area contributed by atoms with Crippen molar-refractivity contribution in [2.24, 2.45) is 0 Å². The van der Waals surface area contributed by atoms with Crippen LogP contribution in [-0.4, -0.2) is 44.9 Å². The largest absolute Gasteiger partial charge is 0.368 e. The van der Waals surface area contributed by atoms with Crippen molar-refractivity contribution < 1.29 is 0 Å². The van der Waals surface area contributed by atoms with Gasteiger partial charge in [-0.1, -0.05) is 0 Å². The van der Waals surface area contributed by atoms with Crippen molar-refractivity contribution in [1.29, 1.82) is 0 Å². The fourth-order valence-corrected chi connectivity index (χ4v) is 1.63. The van der Waals surface area contributed by atoms with E-state index in [0.717, 1.165) is 0 Å². The summed E-state index contributed by atoms with van der Waals surface area (Å²) in [6.07, 6.45) is 0. The average Bonchev–Trinajstić information content (AvgIpc) is 2.43. The molecule has 0 saturated heterocycles. The molecular weight excluding hydrogens is 332 g/mol. The molecule has 0 unspecified atom stereocenters. The van der Waals surface area contributed by atoms with E-state index in [2.05, 4.69) is 55.5 Å². The Balaban J connectivity index is 1.87. The van der Waals surface area contributed by atoms with Crippen LogP contribution in [0, 0.1) is 0 Å². The topological polar surface area (TPSA) is 270 Å². The first kappa shape index (κ1) is 15.5. The number of nitrogen functional groups attached to an aromatic ring is 5. The SMILES string of the molecule is Nc1nc(N)nc(Nc2nc(N)nc(Nc3nc(N)nc(N)n3)n2)n1. The van der Waals surface area contributed by atoms with E-state index in [4.69, 9.17) is 28.7 Å². The number of hydrogen-bond donors (Lipinski definition) is 7. The average molecular weight is 344 g/mol. The zero-order chi connectivity index (χ0) is 18.0. The molecule has 0 aliphatic heterocycles. The monoisotopic (exact) mass is 344 g/mol. The molecule has 16 nitrogen and oxygen atoms in total. The summed E-state index contributed by atoms with van der Waals surface area (Å²) in [5.41, 5.74) is 27.6. The first-order chi connectivity index (χ1) is 11.9. The van der Waals surface area contributed by atoms with Gasteiger partial charge in [-0.15, -0.1) is 0 Å². The predicted molar refractivity (Wildman–Crippen MR) is 88.1 cm³/mol. The Morgan fingerprint density at radius 2 is 0.600 bits per heavy atom. The number of anilines is 9. The summed E-state index contributed by atoms with van der Waals surface area (Å²) in [7, 11) is 0. The lowest BCUT2D eigenvalue weighted by molar-refractivity contribution is 1.02. The van der Waals surface area contributed by atoms with Crippen molar-refractivity contribution in [3.8, 4) is 0 Å². The molecular formula is C9H12N16. The van der Waals surface area contributed by atoms with Gasteiger partial charge in [-0.25, -0.2) is 0 Å². The second kappa shape index (κ2) is 6.02. The third-order valence-corrected chi connectivity index (χ3v) is 2.44. The van der Waals surface area contributed by atoms with E-state index in [9.17, 15) is 0 Å². The Hall–Kier alpha value is -4.37. The highest BCUT2D eigenvalue weighted by molar-refractivity contribution is 5.53. The summed E-state index contributed by atoms with van der Waals surface area (Å²) < 4.78 is 0. The lowest BCUT2D eigenvalue weighted by atomic mass is 10.7. The summed E-state index contributed by atoms with van der Waals surface area (Å²) in [6, 6.07) is 0. The number of hydrogen-bond acceptors (Lipinski definition) is 16. The number of nitrogens with one attached hydrogen (secondary N) is 2. The Morgan fingerprint density at radius 3 is 0.920 bits per heavy atom. The number of nitrogens with two attached hydrogens (primary N) is 5. The smallest absolute Gasteiger partial charge is 0.236 e. The quantitative estimate of drug-likeness (QED) is 0.260. The molecule has 0 fully saturated rings. The van der Waals surface area contributed by atoms with Crippen molar-refractivity contribution in [2.75, 3.05) is 39.3 Å². The van der Waals surface area contributed by atoms with E-state index in [1.807, 2.05) is 0 Å².